The zero-order valence-corrected chi connectivity index (χ0v) is 7.88. The second-order valence-corrected chi connectivity index (χ2v) is 3.48. The van der Waals surface area contributed by atoms with E-state index in [2.05, 4.69) is 0 Å². The molecule has 17 heavy (non-hydrogen) atoms. The molecular weight excluding hydrogens is 253 g/mol. The Morgan fingerprint density at radius 2 is 1.53 bits per heavy atom. The van der Waals surface area contributed by atoms with E-state index in [0.717, 1.165) is 0 Å². The fourth-order valence-electron chi connectivity index (χ4n) is 1.69. The highest BCUT2D eigenvalue weighted by Crippen LogP contribution is 2.47. The molecule has 7 heteroatoms. The van der Waals surface area contributed by atoms with Crippen LogP contribution in [0.3, 0.4) is 0 Å². The van der Waals surface area contributed by atoms with Crippen LogP contribution in [0.1, 0.15) is 17.0 Å². The van der Waals surface area contributed by atoms with Crippen LogP contribution in [0.15, 0.2) is 12.1 Å². The molecule has 0 aliphatic heterocycles. The molecule has 0 fully saturated rings. The summed E-state index contributed by atoms with van der Waals surface area (Å²) in [4.78, 5) is 0. The molecule has 0 nitrogen and oxygen atoms in total. The molecule has 0 radical (unpaired) electrons. The van der Waals surface area contributed by atoms with Crippen molar-refractivity contribution in [2.75, 3.05) is 0 Å². The first-order chi connectivity index (χ1) is 7.73. The number of fused-ring (bicyclic) bond motifs is 1. The van der Waals surface area contributed by atoms with Gasteiger partial charge in [0, 0.05) is 0 Å². The summed E-state index contributed by atoms with van der Waals surface area (Å²) in [5, 5.41) is 0. The molecule has 0 heterocycles. The molecule has 0 amide bonds. The Kier molecular flexibility index (Phi) is 2.44. The summed E-state index contributed by atoms with van der Waals surface area (Å²) >= 11 is 0. The van der Waals surface area contributed by atoms with Crippen molar-refractivity contribution in [1.29, 1.82) is 0 Å². The van der Waals surface area contributed by atoms with E-state index in [9.17, 15) is 30.7 Å². The predicted octanol–water partition coefficient (Wildman–Crippen LogP) is 4.07. The van der Waals surface area contributed by atoms with Crippen LogP contribution in [0.25, 0.3) is 5.83 Å². The average Bonchev–Trinajstić information content (AvgIpc) is 2.52. The minimum atomic E-state index is -4.89. The Labute approximate surface area is 90.4 Å². The quantitative estimate of drug-likeness (QED) is 0.484. The van der Waals surface area contributed by atoms with Gasteiger partial charge in [-0.15, -0.1) is 0 Å². The molecule has 0 N–H and O–H groups in total. The Morgan fingerprint density at radius 1 is 0.941 bits per heavy atom. The Balaban J connectivity index is 2.70. The number of hydrogen-bond acceptors (Lipinski definition) is 0. The highest BCUT2D eigenvalue weighted by atomic mass is 19.4. The summed E-state index contributed by atoms with van der Waals surface area (Å²) < 4.78 is 89.0. The van der Waals surface area contributed by atoms with Crippen LogP contribution in [0.5, 0.6) is 0 Å². The van der Waals surface area contributed by atoms with Crippen molar-refractivity contribution in [2.24, 2.45) is 0 Å². The molecule has 0 bridgehead atoms. The lowest BCUT2D eigenvalue weighted by Crippen LogP contribution is -2.18. The van der Waals surface area contributed by atoms with Gasteiger partial charge in [-0.1, -0.05) is 0 Å². The highest BCUT2D eigenvalue weighted by molar-refractivity contribution is 5.70. The number of alkyl halides is 3. The number of allylic oxidation sites excluding steroid dienone is 1. The van der Waals surface area contributed by atoms with Crippen molar-refractivity contribution < 1.29 is 30.7 Å². The predicted molar refractivity (Wildman–Crippen MR) is 44.2 cm³/mol. The second-order valence-electron chi connectivity index (χ2n) is 3.48. The standard InChI is InChI=1S/C10H3F7/c11-5-2-4(10(15,16)17)3-1-6(12)8(13)9(14)7(3)5/h1-2,4H. The first-order valence-electron chi connectivity index (χ1n) is 4.35. The number of benzene rings is 1. The van der Waals surface area contributed by atoms with Gasteiger partial charge in [-0.3, -0.25) is 0 Å². The van der Waals surface area contributed by atoms with Crippen LogP contribution in [0.2, 0.25) is 0 Å². The third-order valence-corrected chi connectivity index (χ3v) is 2.43. The van der Waals surface area contributed by atoms with Gasteiger partial charge in [-0.05, 0) is 17.7 Å². The van der Waals surface area contributed by atoms with Crippen molar-refractivity contribution in [2.45, 2.75) is 12.1 Å². The molecule has 92 valence electrons. The topological polar surface area (TPSA) is 0 Å². The smallest absolute Gasteiger partial charge is 0.207 e. The maximum atomic E-state index is 13.1. The van der Waals surface area contributed by atoms with Gasteiger partial charge in [0.25, 0.3) is 0 Å². The third kappa shape index (κ3) is 1.69. The zero-order chi connectivity index (χ0) is 13.0. The average molecular weight is 256 g/mol. The van der Waals surface area contributed by atoms with Gasteiger partial charge in [0.1, 0.15) is 11.7 Å². The molecule has 0 saturated heterocycles. The molecular formula is C10H3F7. The molecule has 1 unspecified atom stereocenters. The van der Waals surface area contributed by atoms with Gasteiger partial charge in [-0.25, -0.2) is 17.6 Å². The van der Waals surface area contributed by atoms with E-state index >= 15 is 0 Å². The third-order valence-electron chi connectivity index (χ3n) is 2.43. The molecule has 1 aromatic rings. The summed E-state index contributed by atoms with van der Waals surface area (Å²) in [5.74, 6) is -9.71. The van der Waals surface area contributed by atoms with Crippen LogP contribution in [0.4, 0.5) is 30.7 Å². The Bertz CT molecular complexity index is 512. The Hall–Kier alpha value is -1.53. The molecule has 2 rings (SSSR count). The van der Waals surface area contributed by atoms with Crippen LogP contribution in [-0.2, 0) is 0 Å². The summed E-state index contributed by atoms with van der Waals surface area (Å²) in [6, 6.07) is 0.162. The van der Waals surface area contributed by atoms with E-state index in [4.69, 9.17) is 0 Å². The minimum Gasteiger partial charge on any atom is -0.207 e. The number of halogens is 7. The first-order valence-corrected chi connectivity index (χ1v) is 4.35. The van der Waals surface area contributed by atoms with Crippen molar-refractivity contribution in [3.63, 3.8) is 0 Å². The maximum absolute atomic E-state index is 13.1. The normalized spacial score (nSPS) is 19.2. The van der Waals surface area contributed by atoms with E-state index in [0.29, 0.717) is 0 Å². The van der Waals surface area contributed by atoms with Crippen LogP contribution in [0, 0.1) is 17.5 Å². The molecule has 0 spiro atoms. The zero-order valence-electron chi connectivity index (χ0n) is 7.88. The SMILES string of the molecule is FC1=CC(C(F)(F)F)c2cc(F)c(F)c(F)c21. The van der Waals surface area contributed by atoms with Crippen LogP contribution in [-0.4, -0.2) is 6.18 Å². The van der Waals surface area contributed by atoms with E-state index < -0.39 is 46.5 Å². The highest BCUT2D eigenvalue weighted by Gasteiger charge is 2.46. The number of rotatable bonds is 0. The van der Waals surface area contributed by atoms with Gasteiger partial charge in [0.15, 0.2) is 17.5 Å². The molecule has 1 aromatic carbocycles. The van der Waals surface area contributed by atoms with Crippen molar-refractivity contribution in [3.8, 4) is 0 Å². The van der Waals surface area contributed by atoms with Gasteiger partial charge < -0.3 is 0 Å². The number of hydrogen-bond donors (Lipinski definition) is 0. The van der Waals surface area contributed by atoms with Gasteiger partial charge in [0.2, 0.25) is 0 Å². The summed E-state index contributed by atoms with van der Waals surface area (Å²) in [7, 11) is 0. The fraction of sp³-hybridized carbons (Fsp3) is 0.200. The van der Waals surface area contributed by atoms with E-state index in [1.807, 2.05) is 0 Å². The van der Waals surface area contributed by atoms with Gasteiger partial charge in [-0.2, -0.15) is 13.2 Å². The molecule has 1 aliphatic carbocycles. The maximum Gasteiger partial charge on any atom is 0.399 e. The monoisotopic (exact) mass is 256 g/mol. The fourth-order valence-corrected chi connectivity index (χ4v) is 1.69. The Morgan fingerprint density at radius 3 is 2.06 bits per heavy atom. The minimum absolute atomic E-state index is 0.0899. The molecule has 0 saturated carbocycles. The lowest BCUT2D eigenvalue weighted by Gasteiger charge is -2.14. The van der Waals surface area contributed by atoms with Crippen LogP contribution < -0.4 is 0 Å². The van der Waals surface area contributed by atoms with Crippen molar-refractivity contribution in [3.05, 3.63) is 40.7 Å². The summed E-state index contributed by atoms with van der Waals surface area (Å²) in [6.07, 6.45) is -4.80. The van der Waals surface area contributed by atoms with E-state index in [1.165, 1.54) is 0 Å². The molecule has 1 aliphatic rings. The van der Waals surface area contributed by atoms with E-state index in [-0.39, 0.29) is 12.1 Å². The van der Waals surface area contributed by atoms with Crippen LogP contribution >= 0.6 is 0 Å². The van der Waals surface area contributed by atoms with Crippen molar-refractivity contribution >= 4 is 5.83 Å². The van der Waals surface area contributed by atoms with Crippen molar-refractivity contribution in [1.82, 2.24) is 0 Å². The van der Waals surface area contributed by atoms with E-state index in [1.54, 1.807) is 0 Å². The lowest BCUT2D eigenvalue weighted by molar-refractivity contribution is -0.139. The van der Waals surface area contributed by atoms with Gasteiger partial charge in [0.05, 0.1) is 5.56 Å². The largest absolute Gasteiger partial charge is 0.399 e. The first kappa shape index (κ1) is 11.9. The lowest BCUT2D eigenvalue weighted by atomic mass is 9.99. The molecule has 1 atom stereocenters. The molecule has 0 aromatic heterocycles. The second kappa shape index (κ2) is 3.48. The van der Waals surface area contributed by atoms with Gasteiger partial charge >= 0.3 is 6.18 Å². The summed E-state index contributed by atoms with van der Waals surface area (Å²) in [5.41, 5.74) is -2.11. The summed E-state index contributed by atoms with van der Waals surface area (Å²) in [6.45, 7) is 0.